The first-order chi connectivity index (χ1) is 14.5. The molecule has 2 atom stereocenters. The molecule has 2 rings (SSSR count). The van der Waals surface area contributed by atoms with Crippen LogP contribution in [0.3, 0.4) is 0 Å². The molecular weight excluding hydrogens is 420 g/mol. The van der Waals surface area contributed by atoms with Crippen LogP contribution in [-0.4, -0.2) is 32.5 Å². The Morgan fingerprint density at radius 2 is 1.68 bits per heavy atom. The Kier molecular flexibility index (Phi) is 8.25. The largest absolute Gasteiger partial charge is 0.705 e. The van der Waals surface area contributed by atoms with E-state index < -0.39 is 32.5 Å². The zero-order valence-electron chi connectivity index (χ0n) is 19.1. The van der Waals surface area contributed by atoms with E-state index in [0.29, 0.717) is 19.4 Å². The summed E-state index contributed by atoms with van der Waals surface area (Å²) in [4.78, 5) is 34.6. The molecule has 0 N–H and O–H groups in total. The van der Waals surface area contributed by atoms with Crippen LogP contribution < -0.4 is 4.74 Å². The second kappa shape index (κ2) is 10.3. The summed E-state index contributed by atoms with van der Waals surface area (Å²) in [6.07, 6.45) is 2.04. The molecule has 0 fully saturated rings. The molecule has 1 heterocycles. The van der Waals surface area contributed by atoms with Crippen molar-refractivity contribution < 1.29 is 37.1 Å². The molecule has 0 saturated carbocycles. The van der Waals surface area contributed by atoms with Crippen molar-refractivity contribution in [2.75, 3.05) is 0 Å². The van der Waals surface area contributed by atoms with Crippen molar-refractivity contribution >= 4 is 26.7 Å². The Hall–Kier alpha value is -2.39. The van der Waals surface area contributed by atoms with Crippen molar-refractivity contribution in [1.29, 1.82) is 0 Å². The van der Waals surface area contributed by atoms with E-state index in [2.05, 4.69) is 13.8 Å². The third-order valence-electron chi connectivity index (χ3n) is 5.31. The molecule has 1 aromatic carbocycles. The van der Waals surface area contributed by atoms with Gasteiger partial charge < -0.3 is 22.8 Å². The Bertz CT molecular complexity index is 783. The maximum Gasteiger partial charge on any atom is 0.705 e. The maximum absolute atomic E-state index is 11.5. The number of hydrogen-bond donors (Lipinski definition) is 0. The highest BCUT2D eigenvalue weighted by Gasteiger charge is 2.51. The molecule has 8 nitrogen and oxygen atoms in total. The van der Waals surface area contributed by atoms with Crippen LogP contribution in [0, 0.1) is 5.92 Å². The van der Waals surface area contributed by atoms with E-state index in [0.717, 1.165) is 23.3 Å². The second-order valence-electron chi connectivity index (χ2n) is 7.98. The quantitative estimate of drug-likeness (QED) is 0.520. The molecule has 0 spiro atoms. The zero-order chi connectivity index (χ0) is 23.2. The molecule has 1 aliphatic heterocycles. The first-order valence-electron chi connectivity index (χ1n) is 10.5. The van der Waals surface area contributed by atoms with E-state index in [4.69, 9.17) is 22.8 Å². The van der Waals surface area contributed by atoms with E-state index in [9.17, 15) is 14.4 Å². The van der Waals surface area contributed by atoms with Crippen LogP contribution in [0.5, 0.6) is 5.75 Å². The molecule has 0 bridgehead atoms. The fourth-order valence-corrected chi connectivity index (χ4v) is 5.82. The average Bonchev–Trinajstić information content (AvgIpc) is 2.65. The number of carbonyl (C=O) groups is 3. The maximum atomic E-state index is 11.5. The monoisotopic (exact) mass is 452 g/mol. The van der Waals surface area contributed by atoms with Gasteiger partial charge >= 0.3 is 8.80 Å². The van der Waals surface area contributed by atoms with Gasteiger partial charge in [-0.3, -0.25) is 14.4 Å². The summed E-state index contributed by atoms with van der Waals surface area (Å²) in [6.45, 7) is 10.2. The SMILES string of the molecule is CCC(C)C1(C)OCc2cc(CCC[Si](OC(C)=O)(OC(C)=O)OC(C)=O)ccc2O1. The summed E-state index contributed by atoms with van der Waals surface area (Å²) < 4.78 is 27.8. The van der Waals surface area contributed by atoms with Crippen molar-refractivity contribution in [1.82, 2.24) is 0 Å². The molecule has 0 radical (unpaired) electrons. The van der Waals surface area contributed by atoms with E-state index in [1.807, 2.05) is 25.1 Å². The van der Waals surface area contributed by atoms with Crippen LogP contribution in [0.25, 0.3) is 0 Å². The van der Waals surface area contributed by atoms with Gasteiger partial charge in [0.25, 0.3) is 17.9 Å². The Morgan fingerprint density at radius 3 is 2.19 bits per heavy atom. The van der Waals surface area contributed by atoms with Gasteiger partial charge in [0, 0.05) is 39.2 Å². The number of fused-ring (bicyclic) bond motifs is 1. The zero-order valence-corrected chi connectivity index (χ0v) is 20.1. The molecule has 0 aromatic heterocycles. The van der Waals surface area contributed by atoms with Gasteiger partial charge in [0.1, 0.15) is 5.75 Å². The summed E-state index contributed by atoms with van der Waals surface area (Å²) in [6, 6.07) is 6.05. The third kappa shape index (κ3) is 6.80. The number of rotatable bonds is 9. The third-order valence-corrected chi connectivity index (χ3v) is 8.07. The Labute approximate surface area is 184 Å². The van der Waals surface area contributed by atoms with Crippen LogP contribution in [0.15, 0.2) is 18.2 Å². The minimum Gasteiger partial charge on any atom is -0.462 e. The van der Waals surface area contributed by atoms with Gasteiger partial charge in [0.05, 0.1) is 12.7 Å². The van der Waals surface area contributed by atoms with Gasteiger partial charge in [-0.05, 0) is 37.0 Å². The lowest BCUT2D eigenvalue weighted by atomic mass is 9.97. The van der Waals surface area contributed by atoms with E-state index >= 15 is 0 Å². The summed E-state index contributed by atoms with van der Waals surface area (Å²) in [7, 11) is -3.80. The standard InChI is InChI=1S/C22H32O8Si/c1-7-15(2)22(6)26-14-20-13-19(10-11-21(20)27-22)9-8-12-31(28-16(3)23,29-17(4)24)30-18(5)25/h10-11,13,15H,7-9,12,14H2,1-6H3. The van der Waals surface area contributed by atoms with Crippen molar-refractivity contribution in [3.8, 4) is 5.75 Å². The summed E-state index contributed by atoms with van der Waals surface area (Å²) in [5.74, 6) is -1.58. The lowest BCUT2D eigenvalue weighted by molar-refractivity contribution is -0.223. The van der Waals surface area contributed by atoms with Crippen LogP contribution in [0.4, 0.5) is 0 Å². The van der Waals surface area contributed by atoms with Crippen molar-refractivity contribution in [2.24, 2.45) is 5.92 Å². The van der Waals surface area contributed by atoms with E-state index in [1.165, 1.54) is 20.8 Å². The highest BCUT2D eigenvalue weighted by molar-refractivity contribution is 6.65. The number of benzene rings is 1. The van der Waals surface area contributed by atoms with Gasteiger partial charge in [-0.1, -0.05) is 19.9 Å². The van der Waals surface area contributed by atoms with Crippen molar-refractivity contribution in [3.63, 3.8) is 0 Å². The molecule has 0 saturated heterocycles. The fraction of sp³-hybridized carbons (Fsp3) is 0.591. The number of hydrogen-bond acceptors (Lipinski definition) is 8. The number of carbonyl (C=O) groups excluding carboxylic acids is 3. The predicted molar refractivity (Wildman–Crippen MR) is 114 cm³/mol. The topological polar surface area (TPSA) is 97.4 Å². The van der Waals surface area contributed by atoms with E-state index in [1.54, 1.807) is 0 Å². The molecule has 9 heteroatoms. The van der Waals surface area contributed by atoms with Gasteiger partial charge in [0.15, 0.2) is 0 Å². The molecule has 0 amide bonds. The minimum absolute atomic E-state index is 0.141. The molecule has 31 heavy (non-hydrogen) atoms. The van der Waals surface area contributed by atoms with Crippen LogP contribution in [-0.2, 0) is 45.4 Å². The van der Waals surface area contributed by atoms with Gasteiger partial charge in [-0.15, -0.1) is 0 Å². The predicted octanol–water partition coefficient (Wildman–Crippen LogP) is 3.92. The number of ether oxygens (including phenoxy) is 2. The van der Waals surface area contributed by atoms with Gasteiger partial charge in [-0.2, -0.15) is 0 Å². The van der Waals surface area contributed by atoms with Gasteiger partial charge in [-0.25, -0.2) is 0 Å². The fourth-order valence-electron chi connectivity index (χ4n) is 3.46. The molecule has 1 aromatic rings. The first kappa shape index (κ1) is 24.9. The lowest BCUT2D eigenvalue weighted by Gasteiger charge is -2.39. The summed E-state index contributed by atoms with van der Waals surface area (Å²) >= 11 is 0. The highest BCUT2D eigenvalue weighted by Crippen LogP contribution is 2.37. The van der Waals surface area contributed by atoms with Crippen LogP contribution >= 0.6 is 0 Å². The average molecular weight is 453 g/mol. The molecule has 1 aliphatic rings. The normalized spacial score (nSPS) is 18.9. The Balaban J connectivity index is 2.08. The highest BCUT2D eigenvalue weighted by atomic mass is 28.4. The molecule has 0 aliphatic carbocycles. The molecule has 172 valence electrons. The van der Waals surface area contributed by atoms with Gasteiger partial charge in [0.2, 0.25) is 5.79 Å². The number of aryl methyl sites for hydroxylation is 1. The second-order valence-corrected chi connectivity index (χ2v) is 10.5. The molecule has 2 unspecified atom stereocenters. The molecular formula is C22H32O8Si. The van der Waals surface area contributed by atoms with Crippen LogP contribution in [0.2, 0.25) is 6.04 Å². The summed E-state index contributed by atoms with van der Waals surface area (Å²) in [5, 5.41) is 0. The van der Waals surface area contributed by atoms with Crippen LogP contribution in [0.1, 0.15) is 65.5 Å². The lowest BCUT2D eigenvalue weighted by Crippen LogP contribution is -2.49. The van der Waals surface area contributed by atoms with E-state index in [-0.39, 0.29) is 12.0 Å². The minimum atomic E-state index is -3.80. The van der Waals surface area contributed by atoms with Crippen molar-refractivity contribution in [3.05, 3.63) is 29.3 Å². The smallest absolute Gasteiger partial charge is 0.462 e. The van der Waals surface area contributed by atoms with Crippen molar-refractivity contribution in [2.45, 2.75) is 79.2 Å². The first-order valence-corrected chi connectivity index (χ1v) is 12.5. The Morgan fingerprint density at radius 1 is 1.10 bits per heavy atom. The summed E-state index contributed by atoms with van der Waals surface area (Å²) in [5.41, 5.74) is 1.98.